The van der Waals surface area contributed by atoms with Gasteiger partial charge in [-0.15, -0.1) is 0 Å². The molecule has 0 spiro atoms. The van der Waals surface area contributed by atoms with E-state index in [2.05, 4.69) is 24.1 Å². The van der Waals surface area contributed by atoms with Gasteiger partial charge in [-0.1, -0.05) is 13.8 Å². The fourth-order valence-electron chi connectivity index (χ4n) is 2.44. The third kappa shape index (κ3) is 3.36. The summed E-state index contributed by atoms with van der Waals surface area (Å²) in [4.78, 5) is 15.0. The molecule has 2 rings (SSSR count). The van der Waals surface area contributed by atoms with Crippen LogP contribution in [0.15, 0.2) is 12.1 Å². The number of nitrogens with two attached hydrogens (primary N) is 1. The topological polar surface area (TPSA) is 88.2 Å². The molecule has 0 radical (unpaired) electrons. The lowest BCUT2D eigenvalue weighted by Crippen LogP contribution is -2.30. The molecule has 0 unspecified atom stereocenters. The molecule has 0 amide bonds. The van der Waals surface area contributed by atoms with Crippen molar-refractivity contribution in [3.05, 3.63) is 17.8 Å². The van der Waals surface area contributed by atoms with Gasteiger partial charge in [0.25, 0.3) is 0 Å². The quantitative estimate of drug-likeness (QED) is 0.780. The van der Waals surface area contributed by atoms with E-state index in [0.29, 0.717) is 23.0 Å². The third-order valence-corrected chi connectivity index (χ3v) is 3.83. The summed E-state index contributed by atoms with van der Waals surface area (Å²) in [6.45, 7) is 4.56. The number of nitrogens with one attached hydrogen (secondary N) is 1. The van der Waals surface area contributed by atoms with Crippen LogP contribution in [0.2, 0.25) is 0 Å². The smallest absolute Gasteiger partial charge is 0.354 e. The van der Waals surface area contributed by atoms with Crippen molar-refractivity contribution in [3.8, 4) is 0 Å². The molecule has 1 aromatic rings. The van der Waals surface area contributed by atoms with Crippen LogP contribution in [-0.2, 0) is 0 Å². The van der Waals surface area contributed by atoms with E-state index in [1.807, 2.05) is 0 Å². The van der Waals surface area contributed by atoms with E-state index in [1.54, 1.807) is 6.07 Å². The first-order valence-electron chi connectivity index (χ1n) is 6.64. The zero-order chi connectivity index (χ0) is 14.0. The number of pyridine rings is 1. The Morgan fingerprint density at radius 2 is 2.05 bits per heavy atom. The van der Waals surface area contributed by atoms with Gasteiger partial charge in [-0.25, -0.2) is 9.78 Å². The van der Waals surface area contributed by atoms with Crippen LogP contribution in [0.25, 0.3) is 0 Å². The second-order valence-electron chi connectivity index (χ2n) is 6.02. The summed E-state index contributed by atoms with van der Waals surface area (Å²) in [5, 5.41) is 12.2. The van der Waals surface area contributed by atoms with Crippen molar-refractivity contribution in [2.24, 2.45) is 5.41 Å². The minimum Gasteiger partial charge on any atom is -0.477 e. The molecule has 1 heterocycles. The van der Waals surface area contributed by atoms with E-state index in [9.17, 15) is 4.79 Å². The lowest BCUT2D eigenvalue weighted by atomic mass is 9.75. The largest absolute Gasteiger partial charge is 0.477 e. The van der Waals surface area contributed by atoms with Gasteiger partial charge in [0.15, 0.2) is 5.69 Å². The Bertz CT molecular complexity index is 476. The summed E-state index contributed by atoms with van der Waals surface area (Å²) in [6, 6.07) is 3.34. The Labute approximate surface area is 113 Å². The first-order chi connectivity index (χ1) is 8.87. The Morgan fingerprint density at radius 1 is 1.42 bits per heavy atom. The lowest BCUT2D eigenvalue weighted by Gasteiger charge is -2.35. The van der Waals surface area contributed by atoms with Gasteiger partial charge in [0, 0.05) is 6.04 Å². The van der Waals surface area contributed by atoms with Crippen LogP contribution in [0.5, 0.6) is 0 Å². The number of carboxylic acid groups (broad SMARTS) is 1. The molecule has 0 saturated heterocycles. The molecule has 1 fully saturated rings. The Kier molecular flexibility index (Phi) is 3.64. The number of carbonyl (C=O) groups is 1. The number of nitrogens with zero attached hydrogens (tertiary/aromatic N) is 1. The highest BCUT2D eigenvalue weighted by Gasteiger charge is 2.27. The molecule has 0 atom stereocenters. The van der Waals surface area contributed by atoms with Crippen molar-refractivity contribution in [2.45, 2.75) is 45.6 Å². The molecule has 5 heteroatoms. The van der Waals surface area contributed by atoms with Crippen LogP contribution >= 0.6 is 0 Å². The Morgan fingerprint density at radius 3 is 2.63 bits per heavy atom. The molecular formula is C14H21N3O2. The normalized spacial score (nSPS) is 19.1. The molecule has 5 nitrogen and oxygen atoms in total. The zero-order valence-corrected chi connectivity index (χ0v) is 11.4. The number of nitrogen functional groups attached to an aromatic ring is 1. The molecule has 0 aliphatic heterocycles. The first-order valence-corrected chi connectivity index (χ1v) is 6.64. The molecule has 104 valence electrons. The number of anilines is 2. The van der Waals surface area contributed by atoms with E-state index in [4.69, 9.17) is 10.8 Å². The number of rotatable bonds is 3. The average Bonchev–Trinajstić information content (AvgIpc) is 2.34. The van der Waals surface area contributed by atoms with Gasteiger partial charge < -0.3 is 16.2 Å². The summed E-state index contributed by atoms with van der Waals surface area (Å²) in [6.07, 6.45) is 4.43. The van der Waals surface area contributed by atoms with E-state index >= 15 is 0 Å². The van der Waals surface area contributed by atoms with Crippen molar-refractivity contribution < 1.29 is 9.90 Å². The molecule has 0 bridgehead atoms. The zero-order valence-electron chi connectivity index (χ0n) is 11.4. The van der Waals surface area contributed by atoms with Crippen molar-refractivity contribution in [3.63, 3.8) is 0 Å². The van der Waals surface area contributed by atoms with Gasteiger partial charge in [-0.2, -0.15) is 0 Å². The molecule has 1 aliphatic carbocycles. The number of carboxylic acids is 1. The summed E-state index contributed by atoms with van der Waals surface area (Å²) < 4.78 is 0. The average molecular weight is 263 g/mol. The van der Waals surface area contributed by atoms with Gasteiger partial charge in [0.05, 0.1) is 5.69 Å². The van der Waals surface area contributed by atoms with Crippen LogP contribution in [0, 0.1) is 5.41 Å². The molecule has 1 aromatic heterocycles. The second kappa shape index (κ2) is 5.07. The summed E-state index contributed by atoms with van der Waals surface area (Å²) >= 11 is 0. The highest BCUT2D eigenvalue weighted by atomic mass is 16.4. The predicted molar refractivity (Wildman–Crippen MR) is 75.3 cm³/mol. The Hall–Kier alpha value is -1.78. The van der Waals surface area contributed by atoms with E-state index in [1.165, 1.54) is 6.07 Å². The molecule has 0 aromatic carbocycles. The van der Waals surface area contributed by atoms with Crippen molar-refractivity contribution in [1.82, 2.24) is 4.98 Å². The van der Waals surface area contributed by atoms with Gasteiger partial charge in [0.2, 0.25) is 0 Å². The molecular weight excluding hydrogens is 242 g/mol. The van der Waals surface area contributed by atoms with Crippen LogP contribution in [-0.4, -0.2) is 22.1 Å². The predicted octanol–water partition coefficient (Wildman–Crippen LogP) is 2.74. The van der Waals surface area contributed by atoms with Crippen LogP contribution < -0.4 is 11.1 Å². The van der Waals surface area contributed by atoms with E-state index < -0.39 is 5.97 Å². The summed E-state index contributed by atoms with van der Waals surface area (Å²) in [5.41, 5.74) is 6.76. The standard InChI is InChI=1S/C14H21N3O2/c1-14(2)7-5-9(6-8-14)16-12-10(15)3-4-11(17-12)13(18)19/h3-4,9H,5-8,15H2,1-2H3,(H,16,17)(H,18,19). The van der Waals surface area contributed by atoms with Crippen molar-refractivity contribution in [1.29, 1.82) is 0 Å². The molecule has 19 heavy (non-hydrogen) atoms. The Balaban J connectivity index is 2.07. The fraction of sp³-hybridized carbons (Fsp3) is 0.571. The van der Waals surface area contributed by atoms with E-state index in [-0.39, 0.29) is 5.69 Å². The summed E-state index contributed by atoms with van der Waals surface area (Å²) in [5.74, 6) is -0.544. The molecule has 1 saturated carbocycles. The SMILES string of the molecule is CC1(C)CCC(Nc2nc(C(=O)O)ccc2N)CC1. The lowest BCUT2D eigenvalue weighted by molar-refractivity contribution is 0.0690. The van der Waals surface area contributed by atoms with Crippen LogP contribution in [0.1, 0.15) is 50.0 Å². The van der Waals surface area contributed by atoms with Crippen LogP contribution in [0.4, 0.5) is 11.5 Å². The van der Waals surface area contributed by atoms with Gasteiger partial charge in [-0.05, 0) is 43.2 Å². The molecule has 4 N–H and O–H groups in total. The number of aromatic nitrogens is 1. The fourth-order valence-corrected chi connectivity index (χ4v) is 2.44. The molecule has 1 aliphatic rings. The third-order valence-electron chi connectivity index (χ3n) is 3.83. The minimum atomic E-state index is -1.03. The summed E-state index contributed by atoms with van der Waals surface area (Å²) in [7, 11) is 0. The number of aromatic carboxylic acids is 1. The van der Waals surface area contributed by atoms with E-state index in [0.717, 1.165) is 25.7 Å². The van der Waals surface area contributed by atoms with Gasteiger partial charge >= 0.3 is 5.97 Å². The second-order valence-corrected chi connectivity index (χ2v) is 6.02. The number of hydrogen-bond acceptors (Lipinski definition) is 4. The van der Waals surface area contributed by atoms with Crippen molar-refractivity contribution in [2.75, 3.05) is 11.1 Å². The van der Waals surface area contributed by atoms with Gasteiger partial charge in [0.1, 0.15) is 5.82 Å². The maximum Gasteiger partial charge on any atom is 0.354 e. The minimum absolute atomic E-state index is 0.0211. The maximum absolute atomic E-state index is 10.9. The van der Waals surface area contributed by atoms with Crippen LogP contribution in [0.3, 0.4) is 0 Å². The highest BCUT2D eigenvalue weighted by molar-refractivity contribution is 5.86. The first kappa shape index (κ1) is 13.6. The van der Waals surface area contributed by atoms with Gasteiger partial charge in [-0.3, -0.25) is 0 Å². The monoisotopic (exact) mass is 263 g/mol. The maximum atomic E-state index is 10.9. The number of hydrogen-bond donors (Lipinski definition) is 3. The van der Waals surface area contributed by atoms with Crippen molar-refractivity contribution >= 4 is 17.5 Å². The highest BCUT2D eigenvalue weighted by Crippen LogP contribution is 2.36.